The summed E-state index contributed by atoms with van der Waals surface area (Å²) in [4.78, 5) is 24.6. The zero-order valence-electron chi connectivity index (χ0n) is 18.5. The molecule has 33 heavy (non-hydrogen) atoms. The molecule has 0 saturated heterocycles. The number of carbonyl (C=O) groups is 2. The Bertz CT molecular complexity index is 1210. The number of amides is 2. The molecule has 2 aromatic carbocycles. The number of nitrogens with zero attached hydrogens (tertiary/aromatic N) is 2. The Hall–Kier alpha value is -4.13. The molecule has 2 aromatic heterocycles. The lowest BCUT2D eigenvalue weighted by molar-refractivity contribution is -0.121. The lowest BCUT2D eigenvalue weighted by Gasteiger charge is -2.09. The Morgan fingerprint density at radius 3 is 2.52 bits per heavy atom. The van der Waals surface area contributed by atoms with Crippen molar-refractivity contribution in [3.05, 3.63) is 90.4 Å². The molecule has 0 fully saturated rings. The van der Waals surface area contributed by atoms with Gasteiger partial charge < -0.3 is 15.1 Å². The maximum absolute atomic E-state index is 12.6. The van der Waals surface area contributed by atoms with Crippen LogP contribution in [-0.2, 0) is 16.1 Å². The first-order valence-electron chi connectivity index (χ1n) is 10.9. The van der Waals surface area contributed by atoms with Crippen LogP contribution in [0.3, 0.4) is 0 Å². The van der Waals surface area contributed by atoms with Gasteiger partial charge in [0.1, 0.15) is 11.6 Å². The van der Waals surface area contributed by atoms with Crippen molar-refractivity contribution >= 4 is 17.6 Å². The number of aryl methyl sites for hydroxylation is 1. The zero-order chi connectivity index (χ0) is 23.0. The van der Waals surface area contributed by atoms with Crippen LogP contribution in [0, 0.1) is 6.92 Å². The molecule has 0 spiro atoms. The van der Waals surface area contributed by atoms with Crippen LogP contribution in [0.25, 0.3) is 16.9 Å². The Morgan fingerprint density at radius 1 is 0.939 bits per heavy atom. The maximum Gasteiger partial charge on any atom is 0.225 e. The lowest BCUT2D eigenvalue weighted by atomic mass is 10.1. The Balaban J connectivity index is 1.40. The van der Waals surface area contributed by atoms with Gasteiger partial charge >= 0.3 is 0 Å². The van der Waals surface area contributed by atoms with Crippen molar-refractivity contribution in [3.63, 3.8) is 0 Å². The number of furan rings is 1. The quantitative estimate of drug-likeness (QED) is 0.387. The van der Waals surface area contributed by atoms with E-state index >= 15 is 0 Å². The average Bonchev–Trinajstić information content (AvgIpc) is 3.48. The molecule has 2 heterocycles. The van der Waals surface area contributed by atoms with Gasteiger partial charge in [-0.1, -0.05) is 42.5 Å². The van der Waals surface area contributed by atoms with E-state index in [9.17, 15) is 9.59 Å². The third-order valence-electron chi connectivity index (χ3n) is 5.14. The molecular formula is C26H26N4O3. The first-order valence-corrected chi connectivity index (χ1v) is 10.9. The second-order valence-corrected chi connectivity index (χ2v) is 7.79. The molecule has 2 amide bonds. The van der Waals surface area contributed by atoms with Crippen molar-refractivity contribution in [1.82, 2.24) is 15.1 Å². The predicted molar refractivity (Wildman–Crippen MR) is 127 cm³/mol. The number of carbonyl (C=O) groups excluding carboxylic acids is 2. The summed E-state index contributed by atoms with van der Waals surface area (Å²) >= 11 is 0. The smallest absolute Gasteiger partial charge is 0.225 e. The molecule has 0 saturated carbocycles. The fourth-order valence-electron chi connectivity index (χ4n) is 3.48. The average molecular weight is 443 g/mol. The van der Waals surface area contributed by atoms with Gasteiger partial charge in [0, 0.05) is 24.5 Å². The van der Waals surface area contributed by atoms with Gasteiger partial charge in [0.25, 0.3) is 0 Å². The SMILES string of the molecule is Cc1cccc(-n2nc(-c3ccccc3)cc2NC(=O)CCCC(=O)NCc2ccco2)c1. The summed E-state index contributed by atoms with van der Waals surface area (Å²) in [5.74, 6) is 1.00. The standard InChI is InChI=1S/C26H26N4O3/c1-19-8-5-11-21(16-19)30-24(17-23(29-30)20-9-3-2-4-10-20)28-26(32)14-6-13-25(31)27-18-22-12-7-15-33-22/h2-5,7-12,15-17H,6,13-14,18H2,1H3,(H,27,31)(H,28,32). The van der Waals surface area contributed by atoms with Gasteiger partial charge in [-0.2, -0.15) is 5.10 Å². The number of nitrogens with one attached hydrogen (secondary N) is 2. The van der Waals surface area contributed by atoms with Crippen LogP contribution < -0.4 is 10.6 Å². The second kappa shape index (κ2) is 10.5. The van der Waals surface area contributed by atoms with Crippen LogP contribution in [0.5, 0.6) is 0 Å². The highest BCUT2D eigenvalue weighted by atomic mass is 16.3. The minimum Gasteiger partial charge on any atom is -0.467 e. The third-order valence-corrected chi connectivity index (χ3v) is 5.14. The molecule has 2 N–H and O–H groups in total. The molecule has 0 radical (unpaired) electrons. The highest BCUT2D eigenvalue weighted by Gasteiger charge is 2.14. The number of aromatic nitrogens is 2. The summed E-state index contributed by atoms with van der Waals surface area (Å²) in [5.41, 5.74) is 3.70. The summed E-state index contributed by atoms with van der Waals surface area (Å²) in [6.45, 7) is 2.36. The molecule has 0 bridgehead atoms. The van der Waals surface area contributed by atoms with E-state index in [2.05, 4.69) is 10.6 Å². The molecule has 4 rings (SSSR count). The number of anilines is 1. The first kappa shape index (κ1) is 22.1. The van der Waals surface area contributed by atoms with Crippen molar-refractivity contribution in [2.75, 3.05) is 5.32 Å². The fourth-order valence-corrected chi connectivity index (χ4v) is 3.48. The fraction of sp³-hybridized carbons (Fsp3) is 0.192. The van der Waals surface area contributed by atoms with E-state index in [-0.39, 0.29) is 24.7 Å². The summed E-state index contributed by atoms with van der Waals surface area (Å²) < 4.78 is 6.93. The maximum atomic E-state index is 12.6. The molecule has 0 aliphatic rings. The molecular weight excluding hydrogens is 416 g/mol. The molecule has 7 heteroatoms. The van der Waals surface area contributed by atoms with Gasteiger partial charge in [0.15, 0.2) is 0 Å². The van der Waals surface area contributed by atoms with Gasteiger partial charge in [-0.3, -0.25) is 9.59 Å². The van der Waals surface area contributed by atoms with E-state index < -0.39 is 0 Å². The van der Waals surface area contributed by atoms with Gasteiger partial charge in [-0.25, -0.2) is 4.68 Å². The van der Waals surface area contributed by atoms with E-state index in [0.717, 1.165) is 22.5 Å². The Labute approximate surface area is 192 Å². The van der Waals surface area contributed by atoms with E-state index in [1.54, 1.807) is 23.1 Å². The number of benzene rings is 2. The monoisotopic (exact) mass is 442 g/mol. The van der Waals surface area contributed by atoms with Gasteiger partial charge in [0.2, 0.25) is 11.8 Å². The first-order chi connectivity index (χ1) is 16.1. The highest BCUT2D eigenvalue weighted by molar-refractivity contribution is 5.91. The number of rotatable bonds is 9. The summed E-state index contributed by atoms with van der Waals surface area (Å²) in [6.07, 6.45) is 2.50. The molecule has 4 aromatic rings. The molecule has 7 nitrogen and oxygen atoms in total. The predicted octanol–water partition coefficient (Wildman–Crippen LogP) is 4.87. The topological polar surface area (TPSA) is 89.2 Å². The van der Waals surface area contributed by atoms with E-state index in [1.807, 2.05) is 67.6 Å². The van der Waals surface area contributed by atoms with Gasteiger partial charge in [-0.15, -0.1) is 0 Å². The van der Waals surface area contributed by atoms with Crippen LogP contribution in [-0.4, -0.2) is 21.6 Å². The van der Waals surface area contributed by atoms with Gasteiger partial charge in [-0.05, 0) is 43.2 Å². The molecule has 168 valence electrons. The zero-order valence-corrected chi connectivity index (χ0v) is 18.5. The van der Waals surface area contributed by atoms with Crippen molar-refractivity contribution in [1.29, 1.82) is 0 Å². The largest absolute Gasteiger partial charge is 0.467 e. The minimum atomic E-state index is -0.165. The van der Waals surface area contributed by atoms with Crippen LogP contribution in [0.4, 0.5) is 5.82 Å². The molecule has 0 aliphatic heterocycles. The number of hydrogen-bond acceptors (Lipinski definition) is 4. The van der Waals surface area contributed by atoms with Crippen molar-refractivity contribution in [2.45, 2.75) is 32.7 Å². The normalized spacial score (nSPS) is 10.7. The van der Waals surface area contributed by atoms with Crippen molar-refractivity contribution in [2.24, 2.45) is 0 Å². The van der Waals surface area contributed by atoms with Crippen LogP contribution in [0.15, 0.2) is 83.5 Å². The van der Waals surface area contributed by atoms with Crippen molar-refractivity contribution in [3.8, 4) is 16.9 Å². The van der Waals surface area contributed by atoms with E-state index in [4.69, 9.17) is 9.52 Å². The van der Waals surface area contributed by atoms with Crippen LogP contribution in [0.1, 0.15) is 30.6 Å². The third kappa shape index (κ3) is 5.98. The van der Waals surface area contributed by atoms with E-state index in [0.29, 0.717) is 24.5 Å². The minimum absolute atomic E-state index is 0.115. The summed E-state index contributed by atoms with van der Waals surface area (Å²) in [6, 6.07) is 23.2. The van der Waals surface area contributed by atoms with Crippen LogP contribution >= 0.6 is 0 Å². The second-order valence-electron chi connectivity index (χ2n) is 7.79. The molecule has 0 aliphatic carbocycles. The Morgan fingerprint density at radius 2 is 1.76 bits per heavy atom. The number of hydrogen-bond donors (Lipinski definition) is 2. The highest BCUT2D eigenvalue weighted by Crippen LogP contribution is 2.25. The summed E-state index contributed by atoms with van der Waals surface area (Å²) in [5, 5.41) is 10.5. The van der Waals surface area contributed by atoms with E-state index in [1.165, 1.54) is 0 Å². The molecule has 0 atom stereocenters. The van der Waals surface area contributed by atoms with Crippen LogP contribution in [0.2, 0.25) is 0 Å². The molecule has 0 unspecified atom stereocenters. The lowest BCUT2D eigenvalue weighted by Crippen LogP contribution is -2.22. The van der Waals surface area contributed by atoms with Gasteiger partial charge in [0.05, 0.1) is 24.2 Å². The summed E-state index contributed by atoms with van der Waals surface area (Å²) in [7, 11) is 0. The Kier molecular flexibility index (Phi) is 6.99. The van der Waals surface area contributed by atoms with Crippen molar-refractivity contribution < 1.29 is 14.0 Å².